The molecule has 2 aromatic rings. The van der Waals surface area contributed by atoms with E-state index in [2.05, 4.69) is 0 Å². The van der Waals surface area contributed by atoms with Crippen LogP contribution in [0.15, 0.2) is 30.3 Å². The van der Waals surface area contributed by atoms with Gasteiger partial charge in [-0.25, -0.2) is 0 Å². The molecule has 0 atom stereocenters. The maximum absolute atomic E-state index is 12.3. The van der Waals surface area contributed by atoms with Gasteiger partial charge in [-0.05, 0) is 39.0 Å². The molecule has 4 nitrogen and oxygen atoms in total. The zero-order chi connectivity index (χ0) is 15.4. The Hall–Kier alpha value is -2.23. The van der Waals surface area contributed by atoms with Gasteiger partial charge in [-0.3, -0.25) is 4.79 Å². The van der Waals surface area contributed by atoms with Crippen LogP contribution in [0, 0.1) is 13.8 Å². The number of ether oxygens (including phenoxy) is 2. The van der Waals surface area contributed by atoms with Crippen molar-refractivity contribution < 1.29 is 14.3 Å². The number of para-hydroxylation sites is 2. The zero-order valence-electron chi connectivity index (χ0n) is 13.0. The number of carbonyl (C=O) groups excluding carboxylic acids is 1. The minimum atomic E-state index is -0.0255. The molecule has 0 saturated carbocycles. The van der Waals surface area contributed by atoms with E-state index in [1.807, 2.05) is 56.7 Å². The van der Waals surface area contributed by atoms with Crippen LogP contribution in [0.5, 0.6) is 11.5 Å². The Morgan fingerprint density at radius 1 is 1.14 bits per heavy atom. The summed E-state index contributed by atoms with van der Waals surface area (Å²) in [5.41, 5.74) is 2.73. The molecule has 0 aliphatic rings. The van der Waals surface area contributed by atoms with Gasteiger partial charge >= 0.3 is 0 Å². The first-order valence-electron chi connectivity index (χ1n) is 7.05. The van der Waals surface area contributed by atoms with E-state index in [1.165, 1.54) is 0 Å². The highest BCUT2D eigenvalue weighted by Gasteiger charge is 2.15. The summed E-state index contributed by atoms with van der Waals surface area (Å²) in [5.74, 6) is 1.23. The van der Waals surface area contributed by atoms with E-state index in [0.29, 0.717) is 23.7 Å². The predicted octanol–water partition coefficient (Wildman–Crippen LogP) is 3.30. The van der Waals surface area contributed by atoms with Gasteiger partial charge in [0.2, 0.25) is 5.78 Å². The Morgan fingerprint density at radius 2 is 1.76 bits per heavy atom. The first-order chi connectivity index (χ1) is 10.0. The number of aryl methyl sites for hydroxylation is 1. The first kappa shape index (κ1) is 15.2. The topological polar surface area (TPSA) is 40.5 Å². The Balaban J connectivity index is 2.09. The maximum Gasteiger partial charge on any atom is 0.202 e. The molecule has 1 aromatic carbocycles. The number of hydrogen-bond acceptors (Lipinski definition) is 3. The van der Waals surface area contributed by atoms with Crippen molar-refractivity contribution >= 4 is 5.78 Å². The molecular formula is C17H21NO3. The molecule has 0 aliphatic carbocycles. The second kappa shape index (κ2) is 6.48. The van der Waals surface area contributed by atoms with Gasteiger partial charge in [-0.15, -0.1) is 0 Å². The first-order valence-corrected chi connectivity index (χ1v) is 7.05. The monoisotopic (exact) mass is 287 g/mol. The summed E-state index contributed by atoms with van der Waals surface area (Å²) in [5, 5.41) is 0. The molecule has 112 valence electrons. The summed E-state index contributed by atoms with van der Waals surface area (Å²) in [4.78, 5) is 12.3. The fourth-order valence-electron chi connectivity index (χ4n) is 2.20. The molecule has 0 N–H and O–H groups in total. The third-order valence-electron chi connectivity index (χ3n) is 3.58. The van der Waals surface area contributed by atoms with Gasteiger partial charge in [0.15, 0.2) is 18.1 Å². The maximum atomic E-state index is 12.3. The Kier molecular flexibility index (Phi) is 4.68. The number of hydrogen-bond donors (Lipinski definition) is 0. The number of carbonyl (C=O) groups is 1. The van der Waals surface area contributed by atoms with E-state index >= 15 is 0 Å². The summed E-state index contributed by atoms with van der Waals surface area (Å²) in [6.07, 6.45) is 0. The third-order valence-corrected chi connectivity index (χ3v) is 3.58. The quantitative estimate of drug-likeness (QED) is 0.765. The van der Waals surface area contributed by atoms with Crippen molar-refractivity contribution in [3.05, 3.63) is 47.3 Å². The molecule has 0 unspecified atom stereocenters. The molecular weight excluding hydrogens is 266 g/mol. The van der Waals surface area contributed by atoms with Crippen LogP contribution in [0.25, 0.3) is 0 Å². The molecule has 1 aromatic heterocycles. The standard InChI is InChI=1S/C17H21NO3/c1-5-20-16-8-6-7-9-17(16)21-11-15(19)14-10-12(2)18(4)13(14)3/h6-10H,5,11H2,1-4H3. The zero-order valence-corrected chi connectivity index (χ0v) is 13.0. The van der Waals surface area contributed by atoms with Gasteiger partial charge in [-0.1, -0.05) is 12.1 Å². The molecule has 1 heterocycles. The highest BCUT2D eigenvalue weighted by atomic mass is 16.5. The van der Waals surface area contributed by atoms with E-state index in [1.54, 1.807) is 6.07 Å². The molecule has 0 amide bonds. The molecule has 0 spiro atoms. The van der Waals surface area contributed by atoms with Crippen LogP contribution >= 0.6 is 0 Å². The number of benzene rings is 1. The molecule has 0 saturated heterocycles. The van der Waals surface area contributed by atoms with Crippen LogP contribution in [-0.4, -0.2) is 23.6 Å². The Labute approximate surface area is 125 Å². The van der Waals surface area contributed by atoms with Gasteiger partial charge in [0.1, 0.15) is 0 Å². The molecule has 2 rings (SSSR count). The molecule has 21 heavy (non-hydrogen) atoms. The van der Waals surface area contributed by atoms with Gasteiger partial charge in [0, 0.05) is 24.0 Å². The van der Waals surface area contributed by atoms with Gasteiger partial charge in [0.05, 0.1) is 6.61 Å². The summed E-state index contributed by atoms with van der Waals surface area (Å²) >= 11 is 0. The minimum absolute atomic E-state index is 0.00831. The number of aromatic nitrogens is 1. The van der Waals surface area contributed by atoms with Crippen LogP contribution in [0.4, 0.5) is 0 Å². The highest BCUT2D eigenvalue weighted by Crippen LogP contribution is 2.26. The summed E-state index contributed by atoms with van der Waals surface area (Å²) in [6.45, 7) is 6.40. The number of ketones is 1. The lowest BCUT2D eigenvalue weighted by Crippen LogP contribution is -2.13. The fraction of sp³-hybridized carbons (Fsp3) is 0.353. The van der Waals surface area contributed by atoms with Crippen molar-refractivity contribution in [2.24, 2.45) is 7.05 Å². The summed E-state index contributed by atoms with van der Waals surface area (Å²) in [6, 6.07) is 9.28. The number of nitrogens with zero attached hydrogens (tertiary/aromatic N) is 1. The second-order valence-corrected chi connectivity index (χ2v) is 4.94. The number of Topliss-reactive ketones (excluding diaryl/α,β-unsaturated/α-hetero) is 1. The van der Waals surface area contributed by atoms with Crippen LogP contribution in [-0.2, 0) is 7.05 Å². The number of rotatable bonds is 6. The normalized spacial score (nSPS) is 10.5. The van der Waals surface area contributed by atoms with Crippen molar-refractivity contribution in [2.75, 3.05) is 13.2 Å². The van der Waals surface area contributed by atoms with Crippen molar-refractivity contribution in [2.45, 2.75) is 20.8 Å². The second-order valence-electron chi connectivity index (χ2n) is 4.94. The van der Waals surface area contributed by atoms with E-state index in [-0.39, 0.29) is 12.4 Å². The van der Waals surface area contributed by atoms with Crippen LogP contribution < -0.4 is 9.47 Å². The third kappa shape index (κ3) is 3.27. The van der Waals surface area contributed by atoms with Crippen molar-refractivity contribution in [1.82, 2.24) is 4.57 Å². The van der Waals surface area contributed by atoms with Crippen LogP contribution in [0.1, 0.15) is 28.7 Å². The van der Waals surface area contributed by atoms with E-state index in [0.717, 1.165) is 11.4 Å². The van der Waals surface area contributed by atoms with Crippen molar-refractivity contribution in [3.63, 3.8) is 0 Å². The van der Waals surface area contributed by atoms with E-state index < -0.39 is 0 Å². The lowest BCUT2D eigenvalue weighted by Gasteiger charge is -2.11. The smallest absolute Gasteiger partial charge is 0.202 e. The van der Waals surface area contributed by atoms with Crippen molar-refractivity contribution in [3.8, 4) is 11.5 Å². The van der Waals surface area contributed by atoms with E-state index in [4.69, 9.17) is 9.47 Å². The van der Waals surface area contributed by atoms with Crippen molar-refractivity contribution in [1.29, 1.82) is 0 Å². The molecule has 0 aliphatic heterocycles. The predicted molar refractivity (Wildman–Crippen MR) is 82.3 cm³/mol. The van der Waals surface area contributed by atoms with Crippen LogP contribution in [0.2, 0.25) is 0 Å². The van der Waals surface area contributed by atoms with Gasteiger partial charge in [-0.2, -0.15) is 0 Å². The van der Waals surface area contributed by atoms with Crippen LogP contribution in [0.3, 0.4) is 0 Å². The Morgan fingerprint density at radius 3 is 2.29 bits per heavy atom. The Bertz CT molecular complexity index is 643. The van der Waals surface area contributed by atoms with Gasteiger partial charge < -0.3 is 14.0 Å². The SMILES string of the molecule is CCOc1ccccc1OCC(=O)c1cc(C)n(C)c1C. The summed E-state index contributed by atoms with van der Waals surface area (Å²) in [7, 11) is 1.95. The van der Waals surface area contributed by atoms with E-state index in [9.17, 15) is 4.79 Å². The molecule has 0 bridgehead atoms. The average Bonchev–Trinajstić information content (AvgIpc) is 2.74. The van der Waals surface area contributed by atoms with Gasteiger partial charge in [0.25, 0.3) is 0 Å². The lowest BCUT2D eigenvalue weighted by atomic mass is 10.1. The highest BCUT2D eigenvalue weighted by molar-refractivity contribution is 5.98. The largest absolute Gasteiger partial charge is 0.490 e. The molecule has 0 fully saturated rings. The molecule has 4 heteroatoms. The fourth-order valence-corrected chi connectivity index (χ4v) is 2.20. The lowest BCUT2D eigenvalue weighted by molar-refractivity contribution is 0.0918. The summed E-state index contributed by atoms with van der Waals surface area (Å²) < 4.78 is 13.1. The minimum Gasteiger partial charge on any atom is -0.490 e. The average molecular weight is 287 g/mol. The molecule has 0 radical (unpaired) electrons.